The minimum Gasteiger partial charge on any atom is -0.351 e. The van der Waals surface area contributed by atoms with Crippen molar-refractivity contribution in [3.05, 3.63) is 23.5 Å². The average molecular weight is 177 g/mol. The maximum absolute atomic E-state index is 2.43. The van der Waals surface area contributed by atoms with Crippen molar-refractivity contribution in [3.8, 4) is 0 Å². The molecule has 72 valence electrons. The molecule has 1 aromatic heterocycles. The second-order valence-electron chi connectivity index (χ2n) is 5.12. The van der Waals surface area contributed by atoms with Gasteiger partial charge in [0.1, 0.15) is 0 Å². The van der Waals surface area contributed by atoms with Crippen LogP contribution in [0.4, 0.5) is 0 Å². The molecule has 1 aromatic rings. The third-order valence-electron chi connectivity index (χ3n) is 2.93. The minimum absolute atomic E-state index is 0.310. The zero-order valence-electron chi connectivity index (χ0n) is 8.93. The van der Waals surface area contributed by atoms with Crippen LogP contribution in [0.3, 0.4) is 0 Å². The summed E-state index contributed by atoms with van der Waals surface area (Å²) in [6.07, 6.45) is 6.34. The van der Waals surface area contributed by atoms with Gasteiger partial charge in [-0.15, -0.1) is 0 Å². The van der Waals surface area contributed by atoms with Crippen molar-refractivity contribution in [3.63, 3.8) is 0 Å². The van der Waals surface area contributed by atoms with Crippen LogP contribution in [-0.2, 0) is 18.4 Å². The molecule has 0 spiro atoms. The SMILES string of the molecule is CC(C)(C)c1cc2n(c1)CCCC2. The number of fused-ring (bicyclic) bond motifs is 1. The van der Waals surface area contributed by atoms with Crippen LogP contribution in [0.1, 0.15) is 44.9 Å². The molecule has 1 heteroatoms. The van der Waals surface area contributed by atoms with Gasteiger partial charge in [0.05, 0.1) is 0 Å². The molecule has 1 aliphatic heterocycles. The van der Waals surface area contributed by atoms with E-state index < -0.39 is 0 Å². The Bertz CT molecular complexity index is 278. The Kier molecular flexibility index (Phi) is 1.98. The van der Waals surface area contributed by atoms with E-state index in [0.29, 0.717) is 5.41 Å². The molecule has 2 rings (SSSR count). The maximum Gasteiger partial charge on any atom is 0.0222 e. The van der Waals surface area contributed by atoms with E-state index in [1.54, 1.807) is 0 Å². The van der Waals surface area contributed by atoms with Crippen LogP contribution in [0.5, 0.6) is 0 Å². The van der Waals surface area contributed by atoms with E-state index >= 15 is 0 Å². The van der Waals surface area contributed by atoms with Crippen molar-refractivity contribution >= 4 is 0 Å². The van der Waals surface area contributed by atoms with E-state index in [0.717, 1.165) is 0 Å². The summed E-state index contributed by atoms with van der Waals surface area (Å²) in [5, 5.41) is 0. The zero-order chi connectivity index (χ0) is 9.47. The molecule has 0 radical (unpaired) electrons. The van der Waals surface area contributed by atoms with Gasteiger partial charge in [0.25, 0.3) is 0 Å². The Morgan fingerprint density at radius 3 is 2.62 bits per heavy atom. The number of hydrogen-bond donors (Lipinski definition) is 0. The van der Waals surface area contributed by atoms with Crippen molar-refractivity contribution < 1.29 is 0 Å². The smallest absolute Gasteiger partial charge is 0.0222 e. The molecule has 0 atom stereocenters. The summed E-state index contributed by atoms with van der Waals surface area (Å²) in [6, 6.07) is 2.39. The Labute approximate surface area is 80.8 Å². The second kappa shape index (κ2) is 2.90. The van der Waals surface area contributed by atoms with Gasteiger partial charge in [0, 0.05) is 18.4 Å². The standard InChI is InChI=1S/C12H19N/c1-12(2,3)10-8-11-6-4-5-7-13(11)9-10/h8-9H,4-7H2,1-3H3. The molecular formula is C12H19N. The Balaban J connectivity index is 2.36. The number of hydrogen-bond acceptors (Lipinski definition) is 0. The Morgan fingerprint density at radius 2 is 2.00 bits per heavy atom. The van der Waals surface area contributed by atoms with Gasteiger partial charge in [-0.3, -0.25) is 0 Å². The molecule has 0 aromatic carbocycles. The molecule has 13 heavy (non-hydrogen) atoms. The lowest BCUT2D eigenvalue weighted by Crippen LogP contribution is -2.10. The minimum atomic E-state index is 0.310. The lowest BCUT2D eigenvalue weighted by Gasteiger charge is -2.16. The Hall–Kier alpha value is -0.720. The van der Waals surface area contributed by atoms with Crippen LogP contribution in [0, 0.1) is 0 Å². The average Bonchev–Trinajstić information content (AvgIpc) is 2.45. The summed E-state index contributed by atoms with van der Waals surface area (Å²) in [7, 11) is 0. The van der Waals surface area contributed by atoms with Crippen LogP contribution in [0.15, 0.2) is 12.3 Å². The van der Waals surface area contributed by atoms with Gasteiger partial charge in [-0.05, 0) is 36.3 Å². The van der Waals surface area contributed by atoms with Gasteiger partial charge in [0.15, 0.2) is 0 Å². The van der Waals surface area contributed by atoms with E-state index in [-0.39, 0.29) is 0 Å². The number of aryl methyl sites for hydroxylation is 2. The van der Waals surface area contributed by atoms with Gasteiger partial charge in [-0.2, -0.15) is 0 Å². The number of rotatable bonds is 0. The molecule has 0 fully saturated rings. The topological polar surface area (TPSA) is 4.93 Å². The van der Waals surface area contributed by atoms with E-state index in [2.05, 4.69) is 37.6 Å². The molecule has 1 aliphatic rings. The fourth-order valence-electron chi connectivity index (χ4n) is 1.97. The highest BCUT2D eigenvalue weighted by atomic mass is 15.0. The third-order valence-corrected chi connectivity index (χ3v) is 2.93. The van der Waals surface area contributed by atoms with Crippen LogP contribution in [-0.4, -0.2) is 4.57 Å². The first-order chi connectivity index (χ1) is 6.07. The van der Waals surface area contributed by atoms with E-state index in [4.69, 9.17) is 0 Å². The van der Waals surface area contributed by atoms with Gasteiger partial charge in [0.2, 0.25) is 0 Å². The highest BCUT2D eigenvalue weighted by Gasteiger charge is 2.18. The number of aromatic nitrogens is 1. The van der Waals surface area contributed by atoms with Crippen LogP contribution < -0.4 is 0 Å². The van der Waals surface area contributed by atoms with Crippen molar-refractivity contribution in [2.75, 3.05) is 0 Å². The zero-order valence-corrected chi connectivity index (χ0v) is 8.93. The quantitative estimate of drug-likeness (QED) is 0.574. The van der Waals surface area contributed by atoms with Gasteiger partial charge in [-0.25, -0.2) is 0 Å². The first-order valence-corrected chi connectivity index (χ1v) is 5.27. The van der Waals surface area contributed by atoms with E-state index in [1.807, 2.05) is 0 Å². The lowest BCUT2D eigenvalue weighted by atomic mass is 9.89. The first-order valence-electron chi connectivity index (χ1n) is 5.27. The Morgan fingerprint density at radius 1 is 1.23 bits per heavy atom. The highest BCUT2D eigenvalue weighted by molar-refractivity contribution is 5.26. The first kappa shape index (κ1) is 8.86. The largest absolute Gasteiger partial charge is 0.351 e. The molecule has 0 saturated carbocycles. The van der Waals surface area contributed by atoms with Crippen LogP contribution in [0.25, 0.3) is 0 Å². The number of nitrogens with zero attached hydrogens (tertiary/aromatic N) is 1. The molecule has 0 aliphatic carbocycles. The molecule has 0 amide bonds. The monoisotopic (exact) mass is 177 g/mol. The van der Waals surface area contributed by atoms with Crippen molar-refractivity contribution in [2.45, 2.75) is 52.0 Å². The molecule has 2 heterocycles. The molecule has 0 unspecified atom stereocenters. The summed E-state index contributed by atoms with van der Waals surface area (Å²) in [4.78, 5) is 0. The molecule has 0 bridgehead atoms. The fourth-order valence-corrected chi connectivity index (χ4v) is 1.97. The van der Waals surface area contributed by atoms with Gasteiger partial charge in [-0.1, -0.05) is 20.8 Å². The molecule has 1 nitrogen and oxygen atoms in total. The summed E-state index contributed by atoms with van der Waals surface area (Å²) >= 11 is 0. The van der Waals surface area contributed by atoms with Gasteiger partial charge >= 0.3 is 0 Å². The lowest BCUT2D eigenvalue weighted by molar-refractivity contribution is 0.530. The molecule has 0 saturated heterocycles. The maximum atomic E-state index is 2.43. The van der Waals surface area contributed by atoms with E-state index in [9.17, 15) is 0 Å². The van der Waals surface area contributed by atoms with Crippen molar-refractivity contribution in [1.29, 1.82) is 0 Å². The third kappa shape index (κ3) is 1.65. The summed E-state index contributed by atoms with van der Waals surface area (Å²) < 4.78 is 2.43. The predicted octanol–water partition coefficient (Wildman–Crippen LogP) is 3.12. The van der Waals surface area contributed by atoms with E-state index in [1.165, 1.54) is 37.1 Å². The molecule has 0 N–H and O–H groups in total. The van der Waals surface area contributed by atoms with Crippen LogP contribution >= 0.6 is 0 Å². The van der Waals surface area contributed by atoms with Crippen molar-refractivity contribution in [2.24, 2.45) is 0 Å². The highest BCUT2D eigenvalue weighted by Crippen LogP contribution is 2.27. The van der Waals surface area contributed by atoms with Crippen molar-refractivity contribution in [1.82, 2.24) is 4.57 Å². The van der Waals surface area contributed by atoms with Gasteiger partial charge < -0.3 is 4.57 Å². The van der Waals surface area contributed by atoms with Crippen LogP contribution in [0.2, 0.25) is 0 Å². The second-order valence-corrected chi connectivity index (χ2v) is 5.12. The summed E-state index contributed by atoms with van der Waals surface area (Å²) in [5.74, 6) is 0. The predicted molar refractivity (Wildman–Crippen MR) is 56.1 cm³/mol. The summed E-state index contributed by atoms with van der Waals surface area (Å²) in [6.45, 7) is 8.09. The fraction of sp³-hybridized carbons (Fsp3) is 0.667. The summed E-state index contributed by atoms with van der Waals surface area (Å²) in [5.41, 5.74) is 3.34. The normalized spacial score (nSPS) is 17.2. The molecular weight excluding hydrogens is 158 g/mol.